The van der Waals surface area contributed by atoms with E-state index in [4.69, 9.17) is 5.26 Å². The van der Waals surface area contributed by atoms with Gasteiger partial charge >= 0.3 is 0 Å². The van der Waals surface area contributed by atoms with E-state index in [2.05, 4.69) is 25.6 Å². The second kappa shape index (κ2) is 8.42. The Kier molecular flexibility index (Phi) is 6.55. The summed E-state index contributed by atoms with van der Waals surface area (Å²) in [5.74, 6) is 3.18. The molecule has 2 rings (SSSR count). The fraction of sp³-hybridized carbons (Fsp3) is 0.750. The first-order valence-electron chi connectivity index (χ1n) is 8.99. The molecule has 2 saturated carbocycles. The summed E-state index contributed by atoms with van der Waals surface area (Å²) in [6.45, 7) is 6.80. The van der Waals surface area contributed by atoms with E-state index in [1.54, 1.807) is 11.6 Å². The quantitative estimate of drug-likeness (QED) is 0.446. The molecule has 0 aromatic heterocycles. The molecule has 0 aliphatic heterocycles. The molecule has 0 atom stereocenters. The molecule has 2 fully saturated rings. The summed E-state index contributed by atoms with van der Waals surface area (Å²) < 4.78 is 0. The molecule has 0 aromatic carbocycles. The largest absolute Gasteiger partial charge is 0.193 e. The van der Waals surface area contributed by atoms with E-state index in [-0.39, 0.29) is 0 Å². The van der Waals surface area contributed by atoms with E-state index in [0.717, 1.165) is 17.8 Å². The Bertz CT molecular complexity index is 385. The van der Waals surface area contributed by atoms with Crippen LogP contribution in [0.4, 0.5) is 0 Å². The van der Waals surface area contributed by atoms with E-state index in [0.29, 0.717) is 5.92 Å². The standard InChI is InChI=1S/C20H31N/c1-3-5-17-7-11-19(12-8-17)16(2)20-13-9-18(10-14-20)6-4-15-21/h4,6,17-20H,2-3,5,7-14H2,1H3/b6-4+/t17-,18-,19-,20-. The average Bonchev–Trinajstić information content (AvgIpc) is 2.54. The minimum Gasteiger partial charge on any atom is -0.193 e. The van der Waals surface area contributed by atoms with Gasteiger partial charge in [-0.15, -0.1) is 0 Å². The Morgan fingerprint density at radius 1 is 1.05 bits per heavy atom. The van der Waals surface area contributed by atoms with E-state index in [9.17, 15) is 0 Å². The molecule has 2 aliphatic carbocycles. The van der Waals surface area contributed by atoms with Gasteiger partial charge in [0, 0.05) is 6.08 Å². The predicted molar refractivity (Wildman–Crippen MR) is 89.7 cm³/mol. The van der Waals surface area contributed by atoms with Crippen molar-refractivity contribution in [1.82, 2.24) is 0 Å². The molecule has 0 spiro atoms. The third-order valence-electron chi connectivity index (χ3n) is 5.81. The molecule has 0 radical (unpaired) electrons. The summed E-state index contributed by atoms with van der Waals surface area (Å²) in [4.78, 5) is 0. The van der Waals surface area contributed by atoms with Crippen LogP contribution in [0.25, 0.3) is 0 Å². The molecule has 116 valence electrons. The zero-order valence-electron chi connectivity index (χ0n) is 13.7. The zero-order valence-corrected chi connectivity index (χ0v) is 13.7. The number of nitriles is 1. The van der Waals surface area contributed by atoms with E-state index in [1.165, 1.54) is 64.2 Å². The number of hydrogen-bond donors (Lipinski definition) is 0. The minimum atomic E-state index is 0.633. The van der Waals surface area contributed by atoms with Gasteiger partial charge in [-0.1, -0.05) is 38.0 Å². The highest BCUT2D eigenvalue weighted by atomic mass is 14.3. The van der Waals surface area contributed by atoms with Crippen LogP contribution >= 0.6 is 0 Å². The highest BCUT2D eigenvalue weighted by molar-refractivity contribution is 5.10. The van der Waals surface area contributed by atoms with Crippen molar-refractivity contribution in [2.45, 2.75) is 71.1 Å². The molecule has 0 amide bonds. The molecule has 2 aliphatic rings. The van der Waals surface area contributed by atoms with Crippen molar-refractivity contribution < 1.29 is 0 Å². The van der Waals surface area contributed by atoms with Crippen molar-refractivity contribution >= 4 is 0 Å². The number of allylic oxidation sites excluding steroid dienone is 3. The Hall–Kier alpha value is -1.03. The molecule has 0 heterocycles. The van der Waals surface area contributed by atoms with Crippen LogP contribution in [0.1, 0.15) is 71.1 Å². The third kappa shape index (κ3) is 4.73. The van der Waals surface area contributed by atoms with Gasteiger partial charge in [0.25, 0.3) is 0 Å². The smallest absolute Gasteiger partial charge is 0.0908 e. The normalized spacial score (nSPS) is 33.7. The maximum absolute atomic E-state index is 8.62. The lowest BCUT2D eigenvalue weighted by Crippen LogP contribution is -2.22. The lowest BCUT2D eigenvalue weighted by molar-refractivity contribution is 0.255. The molecule has 0 N–H and O–H groups in total. The summed E-state index contributed by atoms with van der Waals surface area (Å²) in [6.07, 6.45) is 17.2. The number of nitrogens with zero attached hydrogens (tertiary/aromatic N) is 1. The fourth-order valence-electron chi connectivity index (χ4n) is 4.43. The van der Waals surface area contributed by atoms with Crippen molar-refractivity contribution in [3.63, 3.8) is 0 Å². The molecule has 0 unspecified atom stereocenters. The van der Waals surface area contributed by atoms with Gasteiger partial charge in [-0.3, -0.25) is 0 Å². The van der Waals surface area contributed by atoms with Crippen molar-refractivity contribution in [3.05, 3.63) is 24.3 Å². The van der Waals surface area contributed by atoms with E-state index < -0.39 is 0 Å². The van der Waals surface area contributed by atoms with Crippen molar-refractivity contribution in [2.75, 3.05) is 0 Å². The summed E-state index contributed by atoms with van der Waals surface area (Å²) in [7, 11) is 0. The second-order valence-electron chi connectivity index (χ2n) is 7.18. The highest BCUT2D eigenvalue weighted by Crippen LogP contribution is 2.42. The van der Waals surface area contributed by atoms with Crippen LogP contribution in [-0.2, 0) is 0 Å². The molecular weight excluding hydrogens is 254 g/mol. The first kappa shape index (κ1) is 16.3. The Balaban J connectivity index is 1.75. The Labute approximate surface area is 131 Å². The van der Waals surface area contributed by atoms with E-state index in [1.807, 2.05) is 0 Å². The molecule has 1 heteroatoms. The van der Waals surface area contributed by atoms with E-state index >= 15 is 0 Å². The van der Waals surface area contributed by atoms with Crippen molar-refractivity contribution in [2.24, 2.45) is 23.7 Å². The highest BCUT2D eigenvalue weighted by Gasteiger charge is 2.28. The van der Waals surface area contributed by atoms with Crippen LogP contribution in [0.3, 0.4) is 0 Å². The van der Waals surface area contributed by atoms with Crippen LogP contribution in [-0.4, -0.2) is 0 Å². The Morgan fingerprint density at radius 3 is 2.14 bits per heavy atom. The third-order valence-corrected chi connectivity index (χ3v) is 5.81. The van der Waals surface area contributed by atoms with Gasteiger partial charge in [0.05, 0.1) is 6.07 Å². The second-order valence-corrected chi connectivity index (χ2v) is 7.18. The lowest BCUT2D eigenvalue weighted by atomic mass is 9.70. The van der Waals surface area contributed by atoms with Gasteiger partial charge in [0.1, 0.15) is 0 Å². The van der Waals surface area contributed by atoms with Crippen LogP contribution in [0.15, 0.2) is 24.3 Å². The summed E-state index contributed by atoms with van der Waals surface area (Å²) in [5.41, 5.74) is 1.56. The monoisotopic (exact) mass is 285 g/mol. The van der Waals surface area contributed by atoms with Crippen LogP contribution in [0.5, 0.6) is 0 Å². The maximum atomic E-state index is 8.62. The number of hydrogen-bond acceptors (Lipinski definition) is 1. The molecule has 0 saturated heterocycles. The summed E-state index contributed by atoms with van der Waals surface area (Å²) in [6, 6.07) is 2.12. The Morgan fingerprint density at radius 2 is 1.62 bits per heavy atom. The fourth-order valence-corrected chi connectivity index (χ4v) is 4.43. The molecule has 21 heavy (non-hydrogen) atoms. The van der Waals surface area contributed by atoms with Crippen LogP contribution < -0.4 is 0 Å². The van der Waals surface area contributed by atoms with Gasteiger partial charge in [0.15, 0.2) is 0 Å². The van der Waals surface area contributed by atoms with Crippen LogP contribution in [0, 0.1) is 35.0 Å². The molecule has 1 nitrogen and oxygen atoms in total. The van der Waals surface area contributed by atoms with Gasteiger partial charge in [0.2, 0.25) is 0 Å². The number of rotatable bonds is 5. The van der Waals surface area contributed by atoms with Crippen LogP contribution in [0.2, 0.25) is 0 Å². The maximum Gasteiger partial charge on any atom is 0.0908 e. The van der Waals surface area contributed by atoms with Gasteiger partial charge < -0.3 is 0 Å². The SMILES string of the molecule is C=C([C@H]1CC[C@H](/C=C/C#N)CC1)[C@H]1CC[C@H](CCC)CC1. The summed E-state index contributed by atoms with van der Waals surface area (Å²) in [5, 5.41) is 8.62. The predicted octanol–water partition coefficient (Wildman–Crippen LogP) is 6.04. The average molecular weight is 285 g/mol. The zero-order chi connectivity index (χ0) is 15.1. The van der Waals surface area contributed by atoms with Gasteiger partial charge in [-0.05, 0) is 75.0 Å². The summed E-state index contributed by atoms with van der Waals surface area (Å²) >= 11 is 0. The topological polar surface area (TPSA) is 23.8 Å². The molecular formula is C20H31N. The minimum absolute atomic E-state index is 0.633. The van der Waals surface area contributed by atoms with Gasteiger partial charge in [-0.2, -0.15) is 5.26 Å². The van der Waals surface area contributed by atoms with Gasteiger partial charge in [-0.25, -0.2) is 0 Å². The first-order valence-corrected chi connectivity index (χ1v) is 8.99. The first-order chi connectivity index (χ1) is 10.2. The molecule has 0 aromatic rings. The lowest BCUT2D eigenvalue weighted by Gasteiger charge is -2.35. The van der Waals surface area contributed by atoms with Crippen molar-refractivity contribution in [3.8, 4) is 6.07 Å². The van der Waals surface area contributed by atoms with Crippen molar-refractivity contribution in [1.29, 1.82) is 5.26 Å². The molecule has 0 bridgehead atoms.